The first-order valence-electron chi connectivity index (χ1n) is 37.2. The lowest BCUT2D eigenvalue weighted by atomic mass is 9.78. The van der Waals surface area contributed by atoms with Gasteiger partial charge in [-0.15, -0.1) is 11.6 Å². The third kappa shape index (κ3) is 20.3. The summed E-state index contributed by atoms with van der Waals surface area (Å²) in [4.78, 5) is 191. The van der Waals surface area contributed by atoms with E-state index < -0.39 is 168 Å². The second-order valence-corrected chi connectivity index (χ2v) is 31.5. The Hall–Kier alpha value is -6.28. The Morgan fingerprint density at radius 1 is 0.580 bits per heavy atom. The molecule has 0 aromatic carbocycles. The predicted octanol–water partition coefficient (Wildman–Crippen LogP) is 6.09. The highest BCUT2D eigenvalue weighted by Crippen LogP contribution is 2.44. The number of halogens is 4. The molecule has 1 spiro atoms. The summed E-state index contributed by atoms with van der Waals surface area (Å²) in [6.07, 6.45) is 7.11. The molecule has 564 valence electrons. The summed E-state index contributed by atoms with van der Waals surface area (Å²) >= 11 is 6.41. The van der Waals surface area contributed by atoms with Crippen molar-refractivity contribution in [2.45, 2.75) is 260 Å². The van der Waals surface area contributed by atoms with E-state index in [4.69, 9.17) is 11.6 Å². The maximum Gasteiger partial charge on any atom is 0.393 e. The minimum Gasteiger partial charge on any atom is -0.343 e. The minimum absolute atomic E-state index is 0.00311. The number of carbonyl (C=O) groups excluding carboxylic acids is 12. The predicted molar refractivity (Wildman–Crippen MR) is 370 cm³/mol. The number of amides is 12. The van der Waals surface area contributed by atoms with Crippen LogP contribution in [0.5, 0.6) is 0 Å². The molecule has 3 N–H and O–H groups in total. The Bertz CT molecular complexity index is 2900. The summed E-state index contributed by atoms with van der Waals surface area (Å²) in [6, 6.07) is -8.50. The number of alkyl halides is 4. The first-order chi connectivity index (χ1) is 47.2. The molecule has 0 bridgehead atoms. The first kappa shape index (κ1) is 81.0. The number of nitrogens with zero attached hydrogens (tertiary/aromatic N) is 9. The van der Waals surface area contributed by atoms with Gasteiger partial charge >= 0.3 is 6.18 Å². The minimum atomic E-state index is -4.51. The fourth-order valence-electron chi connectivity index (χ4n) is 16.6. The molecule has 7 aliphatic rings. The Morgan fingerprint density at radius 3 is 1.78 bits per heavy atom. The molecule has 0 aromatic rings. The lowest BCUT2D eigenvalue weighted by Gasteiger charge is -2.43. The van der Waals surface area contributed by atoms with Crippen LogP contribution >= 0.6 is 11.6 Å². The van der Waals surface area contributed by atoms with Gasteiger partial charge in [0.1, 0.15) is 47.8 Å². The van der Waals surface area contributed by atoms with Crippen LogP contribution in [-0.4, -0.2) is 263 Å². The lowest BCUT2D eigenvalue weighted by molar-refractivity contribution is -0.182. The number of likely N-dealkylation sites (N-methyl/N-ethyl adjacent to an activating group) is 7. The molecule has 7 fully saturated rings. The average Bonchev–Trinajstić information content (AvgIpc) is 1.45. The van der Waals surface area contributed by atoms with Crippen LogP contribution in [0.15, 0.2) is 0 Å². The molecule has 11 atom stereocenters. The number of hydrogen-bond acceptors (Lipinski definition) is 12. The third-order valence-corrected chi connectivity index (χ3v) is 23.7. The number of likely N-dealkylation sites (tertiary alicyclic amines) is 1. The zero-order valence-electron chi connectivity index (χ0n) is 61.4. The van der Waals surface area contributed by atoms with Crippen molar-refractivity contribution in [2.24, 2.45) is 35.5 Å². The maximum absolute atomic E-state index is 15.8. The molecular weight excluding hydrogens is 1320 g/mol. The first-order valence-corrected chi connectivity index (χ1v) is 37.6. The molecule has 3 aliphatic heterocycles. The van der Waals surface area contributed by atoms with Gasteiger partial charge < -0.3 is 60.0 Å². The Balaban J connectivity index is 1.27. The van der Waals surface area contributed by atoms with E-state index in [-0.39, 0.29) is 94.4 Å². The summed E-state index contributed by atoms with van der Waals surface area (Å²) in [7, 11) is 10.1. The van der Waals surface area contributed by atoms with Crippen LogP contribution in [0.4, 0.5) is 13.2 Å². The van der Waals surface area contributed by atoms with Crippen molar-refractivity contribution in [3.8, 4) is 0 Å². The fourth-order valence-corrected chi connectivity index (χ4v) is 17.2. The van der Waals surface area contributed by atoms with Gasteiger partial charge in [0, 0.05) is 74.3 Å². The van der Waals surface area contributed by atoms with Crippen LogP contribution in [0.25, 0.3) is 0 Å². The monoisotopic (exact) mass is 1430 g/mol. The van der Waals surface area contributed by atoms with Crippen LogP contribution in [0.3, 0.4) is 0 Å². The van der Waals surface area contributed by atoms with Crippen molar-refractivity contribution < 1.29 is 70.7 Å². The molecule has 3 heterocycles. The Kier molecular flexibility index (Phi) is 29.4. The van der Waals surface area contributed by atoms with E-state index in [0.29, 0.717) is 64.5 Å². The average molecular weight is 1430 g/mol. The molecule has 4 aliphatic carbocycles. The van der Waals surface area contributed by atoms with E-state index in [1.165, 1.54) is 73.8 Å². The summed E-state index contributed by atoms with van der Waals surface area (Å²) in [5.41, 5.74) is -1.55. The van der Waals surface area contributed by atoms with E-state index in [1.807, 2.05) is 20.8 Å². The summed E-state index contributed by atoms with van der Waals surface area (Å²) in [6.45, 7) is 6.58. The van der Waals surface area contributed by atoms with Crippen molar-refractivity contribution in [1.82, 2.24) is 60.0 Å². The molecule has 3 saturated heterocycles. The second kappa shape index (κ2) is 36.2. The zero-order valence-corrected chi connectivity index (χ0v) is 62.1. The van der Waals surface area contributed by atoms with Gasteiger partial charge in [0.05, 0.1) is 32.0 Å². The molecule has 4 saturated carbocycles. The topological polar surface area (TPSA) is 270 Å². The van der Waals surface area contributed by atoms with Gasteiger partial charge in [-0.1, -0.05) is 98.3 Å². The molecule has 7 rings (SSSR count). The van der Waals surface area contributed by atoms with Crippen LogP contribution in [0.2, 0.25) is 0 Å². The van der Waals surface area contributed by atoms with E-state index >= 15 is 24.0 Å². The van der Waals surface area contributed by atoms with Gasteiger partial charge in [0.25, 0.3) is 0 Å². The van der Waals surface area contributed by atoms with Crippen molar-refractivity contribution >= 4 is 82.5 Å². The van der Waals surface area contributed by atoms with Crippen molar-refractivity contribution in [3.63, 3.8) is 0 Å². The highest BCUT2D eigenvalue weighted by atomic mass is 35.5. The van der Waals surface area contributed by atoms with Crippen LogP contribution in [0.1, 0.15) is 201 Å². The van der Waals surface area contributed by atoms with Gasteiger partial charge in [-0.25, -0.2) is 0 Å². The maximum atomic E-state index is 15.8. The van der Waals surface area contributed by atoms with Gasteiger partial charge in [-0.3, -0.25) is 57.5 Å². The molecule has 3 unspecified atom stereocenters. The van der Waals surface area contributed by atoms with Crippen molar-refractivity contribution in [3.05, 3.63) is 0 Å². The normalized spacial score (nSPS) is 30.0. The number of rotatable bonds is 11. The van der Waals surface area contributed by atoms with Crippen LogP contribution in [0, 0.1) is 35.5 Å². The van der Waals surface area contributed by atoms with E-state index in [9.17, 15) is 46.7 Å². The van der Waals surface area contributed by atoms with Crippen LogP contribution in [-0.2, 0) is 57.5 Å². The molecule has 12 amide bonds. The smallest absolute Gasteiger partial charge is 0.343 e. The third-order valence-electron chi connectivity index (χ3n) is 23.2. The highest BCUT2D eigenvalue weighted by molar-refractivity contribution is 6.21. The molecule has 28 heteroatoms. The number of fused-ring (bicyclic) bond motifs is 1. The van der Waals surface area contributed by atoms with Gasteiger partial charge in [-0.2, -0.15) is 13.2 Å². The number of nitrogens with one attached hydrogen (secondary N) is 3. The SMILES string of the molecule is CC[C@H](C)[C@@H]1NC(=O)[C@H](CC(C)C)N(C)C(=O)C[C@H](C(=O)N2CCCC2)N(C)C(=O)[C@H](C2CCCCC2)N(C)C(=O)C2(CCCC2)NC(=O)[C@@H]2CCCN2C(=O)[C@H](CCC2CCC(C(F)(F)F)C(Cl)C2)NC(=O)CN(C)C(=O)[C@H](CC2CCCCC2)N(C)C(=O)CN(C)C(=O)CN(C)C1=O. The standard InChI is InChI=1S/C72H116ClF3N12O12/c1-12-46(4)61-68(98)82(7)43-59(91)80(5)44-60(92)84(9)55(40-47-24-15-13-16-25-47)66(96)81(6)42-57(89)77-52(32-30-48-29-31-50(51(73)39-48)72(74,75)76)65(95)88-37-23-28-53(88)64(94)79-71(33-19-20-34-71)70(100)86(11)62(49-26-17-14-18-27-49)69(99)85(10)56(67(97)87-35-21-22-36-87)41-58(90)83(8)54(38-45(2)3)63(93)78-61/h45-56,61-62H,12-44H2,1-11H3,(H,77,89)(H,78,93)(H,79,94)/t46-,48?,50?,51?,52-,53-,54-,55-,56+,61-,62-/m0/s1. The number of hydrogen-bond donors (Lipinski definition) is 3. The van der Waals surface area contributed by atoms with Gasteiger partial charge in [-0.05, 0) is 126 Å². The van der Waals surface area contributed by atoms with Crippen molar-refractivity contribution in [1.29, 1.82) is 0 Å². The van der Waals surface area contributed by atoms with Crippen LogP contribution < -0.4 is 16.0 Å². The van der Waals surface area contributed by atoms with E-state index in [1.54, 1.807) is 11.8 Å². The van der Waals surface area contributed by atoms with E-state index in [2.05, 4.69) is 16.0 Å². The summed E-state index contributed by atoms with van der Waals surface area (Å²) < 4.78 is 42.0. The molecule has 0 radical (unpaired) electrons. The Morgan fingerprint density at radius 2 is 1.18 bits per heavy atom. The number of carbonyl (C=O) groups is 12. The quantitative estimate of drug-likeness (QED) is 0.198. The largest absolute Gasteiger partial charge is 0.393 e. The lowest BCUT2D eigenvalue weighted by Crippen LogP contribution is -2.65. The Labute approximate surface area is 595 Å². The fraction of sp³-hybridized carbons (Fsp3) is 0.833. The highest BCUT2D eigenvalue weighted by Gasteiger charge is 2.52. The summed E-state index contributed by atoms with van der Waals surface area (Å²) in [5, 5.41) is 7.64. The molecule has 100 heavy (non-hydrogen) atoms. The van der Waals surface area contributed by atoms with E-state index in [0.717, 1.165) is 66.1 Å². The molecule has 24 nitrogen and oxygen atoms in total. The molecular formula is C72H116ClF3N12O12. The van der Waals surface area contributed by atoms with Gasteiger partial charge in [0.2, 0.25) is 70.9 Å². The van der Waals surface area contributed by atoms with Crippen molar-refractivity contribution in [2.75, 3.05) is 88.6 Å². The molecule has 0 aromatic heterocycles. The second-order valence-electron chi connectivity index (χ2n) is 30.9. The summed E-state index contributed by atoms with van der Waals surface area (Å²) in [5.74, 6) is -10.5. The van der Waals surface area contributed by atoms with Gasteiger partial charge in [0.15, 0.2) is 0 Å². The zero-order chi connectivity index (χ0) is 73.7.